The minimum atomic E-state index is -0.397. The molecule has 0 radical (unpaired) electrons. The third-order valence-electron chi connectivity index (χ3n) is 6.36. The fourth-order valence-electron chi connectivity index (χ4n) is 4.47. The Balaban J connectivity index is 1.11. The minimum Gasteiger partial charge on any atom is -0.351 e. The number of benzene rings is 2. The molecule has 0 spiro atoms. The number of thioether (sulfide) groups is 1. The van der Waals surface area contributed by atoms with E-state index in [-0.39, 0.29) is 17.1 Å². The minimum absolute atomic E-state index is 0.229. The number of carbonyl (C=O) groups is 2. The molecule has 1 aromatic heterocycles. The van der Waals surface area contributed by atoms with Crippen LogP contribution >= 0.6 is 11.8 Å². The number of nitrogens with one attached hydrogen (secondary N) is 3. The summed E-state index contributed by atoms with van der Waals surface area (Å²) in [6.07, 6.45) is 7.32. The Morgan fingerprint density at radius 3 is 2.53 bits per heavy atom. The van der Waals surface area contributed by atoms with Crippen LogP contribution in [-0.2, 0) is 11.3 Å². The smallest absolute Gasteiger partial charge is 0.290 e. The van der Waals surface area contributed by atoms with E-state index >= 15 is 0 Å². The van der Waals surface area contributed by atoms with Crippen LogP contribution in [0.3, 0.4) is 0 Å². The molecule has 184 valence electrons. The van der Waals surface area contributed by atoms with Crippen molar-refractivity contribution in [1.29, 1.82) is 0 Å². The molecule has 5 rings (SSSR count). The number of aromatic nitrogens is 2. The maximum absolute atomic E-state index is 13.2. The normalized spacial score (nSPS) is 21.0. The Morgan fingerprint density at radius 1 is 1.00 bits per heavy atom. The van der Waals surface area contributed by atoms with Gasteiger partial charge in [0.15, 0.2) is 0 Å². The second kappa shape index (κ2) is 11.0. The van der Waals surface area contributed by atoms with Gasteiger partial charge in [0, 0.05) is 24.8 Å². The SMILES string of the molecule is O=C1NC(=O)C(=Cc2ccnc(N[C@H]3CC[C@H](NCc4cccc(-c5ccc(F)cc5)c4)CC3)n2)S1. The number of halogens is 1. The summed E-state index contributed by atoms with van der Waals surface area (Å²) in [5.41, 5.74) is 3.87. The zero-order chi connectivity index (χ0) is 24.9. The molecule has 3 N–H and O–H groups in total. The van der Waals surface area contributed by atoms with Crippen molar-refractivity contribution in [3.05, 3.63) is 82.8 Å². The first-order valence-electron chi connectivity index (χ1n) is 11.9. The average molecular weight is 504 g/mol. The van der Waals surface area contributed by atoms with Crippen LogP contribution in [0.25, 0.3) is 17.2 Å². The molecule has 0 atom stereocenters. The van der Waals surface area contributed by atoms with Crippen molar-refractivity contribution in [1.82, 2.24) is 20.6 Å². The van der Waals surface area contributed by atoms with Crippen LogP contribution in [0.15, 0.2) is 65.7 Å². The molecule has 2 aliphatic rings. The van der Waals surface area contributed by atoms with Crippen molar-refractivity contribution in [2.45, 2.75) is 44.3 Å². The monoisotopic (exact) mass is 503 g/mol. The van der Waals surface area contributed by atoms with E-state index in [0.717, 1.165) is 55.1 Å². The summed E-state index contributed by atoms with van der Waals surface area (Å²) in [5, 5.41) is 8.96. The second-order valence-electron chi connectivity index (χ2n) is 8.94. The summed E-state index contributed by atoms with van der Waals surface area (Å²) in [6.45, 7) is 0.783. The van der Waals surface area contributed by atoms with Gasteiger partial charge in [0.25, 0.3) is 11.1 Å². The fraction of sp³-hybridized carbons (Fsp3) is 0.259. The molecule has 2 fully saturated rings. The number of nitrogens with zero attached hydrogens (tertiary/aromatic N) is 2. The van der Waals surface area contributed by atoms with E-state index in [0.29, 0.717) is 22.6 Å². The van der Waals surface area contributed by atoms with Crippen LogP contribution in [0.2, 0.25) is 0 Å². The molecular formula is C27H26FN5O2S. The van der Waals surface area contributed by atoms with Gasteiger partial charge in [-0.25, -0.2) is 14.4 Å². The lowest BCUT2D eigenvalue weighted by Gasteiger charge is -2.30. The molecule has 1 saturated heterocycles. The summed E-state index contributed by atoms with van der Waals surface area (Å²) in [4.78, 5) is 32.2. The van der Waals surface area contributed by atoms with E-state index < -0.39 is 5.91 Å². The number of hydrogen-bond donors (Lipinski definition) is 3. The Bertz CT molecular complexity index is 1290. The number of rotatable bonds is 7. The van der Waals surface area contributed by atoms with E-state index in [4.69, 9.17) is 0 Å². The highest BCUT2D eigenvalue weighted by atomic mass is 32.2. The number of amides is 2. The molecule has 1 aliphatic heterocycles. The van der Waals surface area contributed by atoms with E-state index in [1.165, 1.54) is 17.7 Å². The molecule has 2 amide bonds. The van der Waals surface area contributed by atoms with Gasteiger partial charge in [-0.05, 0) is 84.5 Å². The van der Waals surface area contributed by atoms with Gasteiger partial charge in [0.2, 0.25) is 5.95 Å². The van der Waals surface area contributed by atoms with E-state index in [1.54, 1.807) is 30.5 Å². The van der Waals surface area contributed by atoms with E-state index in [2.05, 4.69) is 38.1 Å². The largest absolute Gasteiger partial charge is 0.351 e. The summed E-state index contributed by atoms with van der Waals surface area (Å²) in [6, 6.07) is 17.3. The van der Waals surface area contributed by atoms with Gasteiger partial charge in [-0.3, -0.25) is 14.9 Å². The Labute approximate surface area is 213 Å². The molecule has 2 heterocycles. The standard InChI is InChI=1S/C27H26FN5O2S/c28-20-6-4-18(5-7-20)19-3-1-2-17(14-19)16-30-21-8-10-22(11-9-21)31-26-29-13-12-23(32-26)15-24-25(34)33-27(35)36-24/h1-7,12-15,21-22,30H,8-11,16H2,(H,29,31,32)(H,33,34,35)/t21-,22-. The third kappa shape index (κ3) is 6.16. The molecular weight excluding hydrogens is 477 g/mol. The highest BCUT2D eigenvalue weighted by Crippen LogP contribution is 2.26. The van der Waals surface area contributed by atoms with Crippen molar-refractivity contribution < 1.29 is 14.0 Å². The highest BCUT2D eigenvalue weighted by molar-refractivity contribution is 8.18. The predicted molar refractivity (Wildman–Crippen MR) is 139 cm³/mol. The molecule has 7 nitrogen and oxygen atoms in total. The molecule has 3 aromatic rings. The summed E-state index contributed by atoms with van der Waals surface area (Å²) in [7, 11) is 0. The van der Waals surface area contributed by atoms with Gasteiger partial charge < -0.3 is 10.6 Å². The molecule has 1 saturated carbocycles. The molecule has 0 unspecified atom stereocenters. The number of anilines is 1. The first kappa shape index (κ1) is 24.1. The van der Waals surface area contributed by atoms with Gasteiger partial charge >= 0.3 is 0 Å². The van der Waals surface area contributed by atoms with Crippen molar-refractivity contribution in [2.24, 2.45) is 0 Å². The molecule has 36 heavy (non-hydrogen) atoms. The Hall–Kier alpha value is -3.56. The quantitative estimate of drug-likeness (QED) is 0.385. The van der Waals surface area contributed by atoms with Gasteiger partial charge in [0.1, 0.15) is 5.82 Å². The Kier molecular flexibility index (Phi) is 7.39. The average Bonchev–Trinajstić information content (AvgIpc) is 3.20. The van der Waals surface area contributed by atoms with Crippen molar-refractivity contribution >= 4 is 34.9 Å². The summed E-state index contributed by atoms with van der Waals surface area (Å²) >= 11 is 0.873. The molecule has 2 aromatic carbocycles. The van der Waals surface area contributed by atoms with Crippen molar-refractivity contribution in [3.63, 3.8) is 0 Å². The fourth-order valence-corrected chi connectivity index (χ4v) is 5.13. The maximum atomic E-state index is 13.2. The van der Waals surface area contributed by atoms with Crippen molar-refractivity contribution in [3.8, 4) is 11.1 Å². The second-order valence-corrected chi connectivity index (χ2v) is 9.95. The molecule has 9 heteroatoms. The van der Waals surface area contributed by atoms with Crippen molar-refractivity contribution in [2.75, 3.05) is 5.32 Å². The van der Waals surface area contributed by atoms with E-state index in [1.807, 2.05) is 12.1 Å². The number of carbonyl (C=O) groups excluding carboxylic acids is 2. The van der Waals surface area contributed by atoms with Crippen LogP contribution in [0, 0.1) is 5.82 Å². The predicted octanol–water partition coefficient (Wildman–Crippen LogP) is 5.12. The van der Waals surface area contributed by atoms with Gasteiger partial charge in [-0.2, -0.15) is 0 Å². The summed E-state index contributed by atoms with van der Waals surface area (Å²) < 4.78 is 13.2. The highest BCUT2D eigenvalue weighted by Gasteiger charge is 2.25. The van der Waals surface area contributed by atoms with Gasteiger partial charge in [-0.15, -0.1) is 0 Å². The zero-order valence-corrected chi connectivity index (χ0v) is 20.4. The van der Waals surface area contributed by atoms with Crippen LogP contribution in [-0.4, -0.2) is 33.2 Å². The third-order valence-corrected chi connectivity index (χ3v) is 7.17. The zero-order valence-electron chi connectivity index (χ0n) is 19.5. The lowest BCUT2D eigenvalue weighted by Crippen LogP contribution is -2.36. The lowest BCUT2D eigenvalue weighted by atomic mass is 9.91. The van der Waals surface area contributed by atoms with Crippen LogP contribution in [0.4, 0.5) is 15.1 Å². The molecule has 1 aliphatic carbocycles. The Morgan fingerprint density at radius 2 is 1.78 bits per heavy atom. The van der Waals surface area contributed by atoms with Gasteiger partial charge in [0.05, 0.1) is 10.6 Å². The first-order chi connectivity index (χ1) is 17.5. The summed E-state index contributed by atoms with van der Waals surface area (Å²) in [5.74, 6) is -0.104. The van der Waals surface area contributed by atoms with E-state index in [9.17, 15) is 14.0 Å². The topological polar surface area (TPSA) is 96.0 Å². The van der Waals surface area contributed by atoms with Gasteiger partial charge in [-0.1, -0.05) is 30.3 Å². The van der Waals surface area contributed by atoms with Crippen LogP contribution < -0.4 is 16.0 Å². The molecule has 0 bridgehead atoms. The number of hydrogen-bond acceptors (Lipinski definition) is 7. The van der Waals surface area contributed by atoms with Crippen LogP contribution in [0.5, 0.6) is 0 Å². The maximum Gasteiger partial charge on any atom is 0.290 e. The lowest BCUT2D eigenvalue weighted by molar-refractivity contribution is -0.115. The first-order valence-corrected chi connectivity index (χ1v) is 12.8. The number of imide groups is 1. The van der Waals surface area contributed by atoms with Crippen LogP contribution in [0.1, 0.15) is 36.9 Å².